The maximum absolute atomic E-state index is 9.39. The quantitative estimate of drug-likeness (QED) is 0.675. The smallest absolute Gasteiger partial charge is 0.0730 e. The van der Waals surface area contributed by atoms with Gasteiger partial charge in [0.1, 0.15) is 0 Å². The molecular weight excluding hydrogens is 166 g/mol. The summed E-state index contributed by atoms with van der Waals surface area (Å²) in [4.78, 5) is 0. The van der Waals surface area contributed by atoms with Gasteiger partial charge in [0.15, 0.2) is 0 Å². The Morgan fingerprint density at radius 1 is 1.62 bits per heavy atom. The normalized spacial score (nSPS) is 28.2. The van der Waals surface area contributed by atoms with Crippen molar-refractivity contribution in [2.24, 2.45) is 0 Å². The number of rotatable bonds is 1. The van der Waals surface area contributed by atoms with Gasteiger partial charge in [-0.05, 0) is 26.2 Å². The van der Waals surface area contributed by atoms with Gasteiger partial charge in [-0.1, -0.05) is 0 Å². The second-order valence-electron chi connectivity index (χ2n) is 3.75. The zero-order valence-corrected chi connectivity index (χ0v) is 7.77. The Bertz CT molecular complexity index is 308. The number of anilines is 1. The molecule has 1 aliphatic carbocycles. The van der Waals surface area contributed by atoms with Crippen LogP contribution >= 0.6 is 0 Å². The summed E-state index contributed by atoms with van der Waals surface area (Å²) in [6.07, 6.45) is 4.21. The SMILES string of the molecule is Cc1c(N)cnn1C1CCC(O)C1. The lowest BCUT2D eigenvalue weighted by Crippen LogP contribution is -2.10. The second kappa shape index (κ2) is 3.03. The lowest BCUT2D eigenvalue weighted by atomic mass is 10.2. The molecule has 0 saturated heterocycles. The Balaban J connectivity index is 2.21. The van der Waals surface area contributed by atoms with Crippen LogP contribution in [0.25, 0.3) is 0 Å². The molecule has 2 atom stereocenters. The number of nitrogens with zero attached hydrogens (tertiary/aromatic N) is 2. The Labute approximate surface area is 77.4 Å². The van der Waals surface area contributed by atoms with Crippen LogP contribution in [-0.4, -0.2) is 21.0 Å². The number of hydrogen-bond acceptors (Lipinski definition) is 3. The fourth-order valence-corrected chi connectivity index (χ4v) is 1.96. The molecule has 13 heavy (non-hydrogen) atoms. The van der Waals surface area contributed by atoms with Crippen LogP contribution in [0.3, 0.4) is 0 Å². The molecular formula is C9H15N3O. The number of aliphatic hydroxyl groups is 1. The van der Waals surface area contributed by atoms with E-state index in [-0.39, 0.29) is 6.10 Å². The predicted molar refractivity (Wildman–Crippen MR) is 50.3 cm³/mol. The van der Waals surface area contributed by atoms with Crippen LogP contribution in [-0.2, 0) is 0 Å². The Hall–Kier alpha value is -1.03. The molecule has 72 valence electrons. The number of aliphatic hydroxyl groups excluding tert-OH is 1. The molecule has 4 heteroatoms. The van der Waals surface area contributed by atoms with E-state index >= 15 is 0 Å². The van der Waals surface area contributed by atoms with E-state index in [1.807, 2.05) is 11.6 Å². The van der Waals surface area contributed by atoms with Gasteiger partial charge in [0.25, 0.3) is 0 Å². The van der Waals surface area contributed by atoms with E-state index in [1.165, 1.54) is 0 Å². The average Bonchev–Trinajstić information content (AvgIpc) is 2.62. The van der Waals surface area contributed by atoms with Crippen LogP contribution in [0.15, 0.2) is 6.20 Å². The maximum Gasteiger partial charge on any atom is 0.0730 e. The predicted octanol–water partition coefficient (Wildman–Crippen LogP) is 0.860. The lowest BCUT2D eigenvalue weighted by molar-refractivity contribution is 0.177. The van der Waals surface area contributed by atoms with Crippen molar-refractivity contribution in [1.82, 2.24) is 9.78 Å². The Morgan fingerprint density at radius 2 is 2.38 bits per heavy atom. The van der Waals surface area contributed by atoms with Gasteiger partial charge < -0.3 is 10.8 Å². The van der Waals surface area contributed by atoms with Crippen molar-refractivity contribution in [3.63, 3.8) is 0 Å². The number of nitrogens with two attached hydrogens (primary N) is 1. The summed E-state index contributed by atoms with van der Waals surface area (Å²) in [6.45, 7) is 1.97. The van der Waals surface area contributed by atoms with Crippen molar-refractivity contribution in [2.45, 2.75) is 38.3 Å². The molecule has 0 spiro atoms. The van der Waals surface area contributed by atoms with Gasteiger partial charge in [-0.3, -0.25) is 4.68 Å². The van der Waals surface area contributed by atoms with E-state index < -0.39 is 0 Å². The van der Waals surface area contributed by atoms with Crippen molar-refractivity contribution in [2.75, 3.05) is 5.73 Å². The van der Waals surface area contributed by atoms with Crippen LogP contribution in [0, 0.1) is 6.92 Å². The van der Waals surface area contributed by atoms with Gasteiger partial charge in [0.05, 0.1) is 29.7 Å². The van der Waals surface area contributed by atoms with Gasteiger partial charge in [-0.25, -0.2) is 0 Å². The molecule has 1 saturated carbocycles. The second-order valence-corrected chi connectivity index (χ2v) is 3.75. The minimum absolute atomic E-state index is 0.158. The largest absolute Gasteiger partial charge is 0.396 e. The molecule has 0 amide bonds. The number of hydrogen-bond donors (Lipinski definition) is 2. The summed E-state index contributed by atoms with van der Waals surface area (Å²) < 4.78 is 1.94. The van der Waals surface area contributed by atoms with Crippen LogP contribution in [0.2, 0.25) is 0 Å². The summed E-state index contributed by atoms with van der Waals surface area (Å²) in [5.74, 6) is 0. The van der Waals surface area contributed by atoms with Gasteiger partial charge in [-0.2, -0.15) is 5.10 Å². The third kappa shape index (κ3) is 1.42. The molecule has 1 aromatic rings. The highest BCUT2D eigenvalue weighted by atomic mass is 16.3. The van der Waals surface area contributed by atoms with Gasteiger partial charge in [0.2, 0.25) is 0 Å². The van der Waals surface area contributed by atoms with E-state index in [9.17, 15) is 5.11 Å². The van der Waals surface area contributed by atoms with E-state index in [1.54, 1.807) is 6.20 Å². The Kier molecular flexibility index (Phi) is 2.00. The molecule has 1 aliphatic rings. The highest BCUT2D eigenvalue weighted by Crippen LogP contribution is 2.31. The number of nitrogen functional groups attached to an aromatic ring is 1. The first kappa shape index (κ1) is 8.56. The van der Waals surface area contributed by atoms with Crippen molar-refractivity contribution >= 4 is 5.69 Å². The minimum atomic E-state index is -0.158. The molecule has 2 rings (SSSR count). The summed E-state index contributed by atoms with van der Waals surface area (Å²) in [5, 5.41) is 13.6. The minimum Gasteiger partial charge on any atom is -0.396 e. The third-order valence-electron chi connectivity index (χ3n) is 2.81. The average molecular weight is 181 g/mol. The first-order valence-corrected chi connectivity index (χ1v) is 4.66. The standard InChI is InChI=1S/C9H15N3O/c1-6-9(10)5-11-12(6)7-2-3-8(13)4-7/h5,7-8,13H,2-4,10H2,1H3. The monoisotopic (exact) mass is 181 g/mol. The molecule has 4 nitrogen and oxygen atoms in total. The van der Waals surface area contributed by atoms with E-state index in [0.29, 0.717) is 6.04 Å². The zero-order valence-electron chi connectivity index (χ0n) is 7.77. The van der Waals surface area contributed by atoms with Crippen molar-refractivity contribution in [3.05, 3.63) is 11.9 Å². The van der Waals surface area contributed by atoms with Gasteiger partial charge >= 0.3 is 0 Å². The fraction of sp³-hybridized carbons (Fsp3) is 0.667. The van der Waals surface area contributed by atoms with Crippen molar-refractivity contribution in [1.29, 1.82) is 0 Å². The van der Waals surface area contributed by atoms with E-state index in [0.717, 1.165) is 30.6 Å². The highest BCUT2D eigenvalue weighted by molar-refractivity contribution is 5.39. The van der Waals surface area contributed by atoms with Crippen LogP contribution in [0.4, 0.5) is 5.69 Å². The van der Waals surface area contributed by atoms with Crippen LogP contribution < -0.4 is 5.73 Å². The molecule has 0 aliphatic heterocycles. The molecule has 0 bridgehead atoms. The molecule has 0 aromatic carbocycles. The molecule has 2 unspecified atom stereocenters. The Morgan fingerprint density at radius 3 is 2.85 bits per heavy atom. The van der Waals surface area contributed by atoms with Gasteiger partial charge in [0, 0.05) is 0 Å². The van der Waals surface area contributed by atoms with Crippen molar-refractivity contribution in [3.8, 4) is 0 Å². The summed E-state index contributed by atoms with van der Waals surface area (Å²) in [6, 6.07) is 0.340. The lowest BCUT2D eigenvalue weighted by Gasteiger charge is -2.12. The molecule has 1 heterocycles. The molecule has 1 aromatic heterocycles. The summed E-state index contributed by atoms with van der Waals surface area (Å²) in [5.41, 5.74) is 7.45. The maximum atomic E-state index is 9.39. The van der Waals surface area contributed by atoms with Crippen LogP contribution in [0.5, 0.6) is 0 Å². The molecule has 0 radical (unpaired) electrons. The van der Waals surface area contributed by atoms with E-state index in [2.05, 4.69) is 5.10 Å². The molecule has 1 fully saturated rings. The van der Waals surface area contributed by atoms with Gasteiger partial charge in [-0.15, -0.1) is 0 Å². The van der Waals surface area contributed by atoms with Crippen molar-refractivity contribution < 1.29 is 5.11 Å². The summed E-state index contributed by atoms with van der Waals surface area (Å²) in [7, 11) is 0. The third-order valence-corrected chi connectivity index (χ3v) is 2.81. The first-order valence-electron chi connectivity index (χ1n) is 4.66. The fourth-order valence-electron chi connectivity index (χ4n) is 1.96. The summed E-state index contributed by atoms with van der Waals surface area (Å²) >= 11 is 0. The zero-order chi connectivity index (χ0) is 9.42. The highest BCUT2D eigenvalue weighted by Gasteiger charge is 2.25. The first-order chi connectivity index (χ1) is 6.18. The van der Waals surface area contributed by atoms with E-state index in [4.69, 9.17) is 5.73 Å². The van der Waals surface area contributed by atoms with Crippen LogP contribution in [0.1, 0.15) is 31.0 Å². The number of aromatic nitrogens is 2. The molecule has 3 N–H and O–H groups in total. The topological polar surface area (TPSA) is 64.1 Å².